The number of morpholine rings is 1. The Morgan fingerprint density at radius 2 is 1.79 bits per heavy atom. The predicted molar refractivity (Wildman–Crippen MR) is 94.8 cm³/mol. The summed E-state index contributed by atoms with van der Waals surface area (Å²) in [5.41, 5.74) is 0. The van der Waals surface area contributed by atoms with Crippen LogP contribution in [0.4, 0.5) is 0 Å². The van der Waals surface area contributed by atoms with Crippen LogP contribution in [0, 0.1) is 6.57 Å². The van der Waals surface area contributed by atoms with E-state index in [-0.39, 0.29) is 7.89 Å². The molecule has 1 fully saturated rings. The van der Waals surface area contributed by atoms with E-state index in [0.717, 1.165) is 32.8 Å². The van der Waals surface area contributed by atoms with Crippen molar-refractivity contribution in [2.75, 3.05) is 39.4 Å². The first-order chi connectivity index (χ1) is 6.66. The molecule has 7 heteroatoms. The van der Waals surface area contributed by atoms with Crippen molar-refractivity contribution in [1.29, 1.82) is 0 Å². The molecule has 0 spiro atoms. The van der Waals surface area contributed by atoms with Crippen molar-refractivity contribution in [2.45, 2.75) is 0 Å². The van der Waals surface area contributed by atoms with Gasteiger partial charge in [0.15, 0.2) is 0 Å². The molecule has 0 aliphatic carbocycles. The Kier molecular flexibility index (Phi) is 13.8. The molecule has 1 aliphatic heterocycles. The molecule has 1 rings (SSSR count). The van der Waals surface area contributed by atoms with E-state index in [4.69, 9.17) is 11.3 Å². The minimum absolute atomic E-state index is 0.353. The second-order valence-corrected chi connectivity index (χ2v) is 51.2. The first-order valence-corrected chi connectivity index (χ1v) is 22.9. The molecule has 1 saturated heterocycles. The van der Waals surface area contributed by atoms with Gasteiger partial charge in [0.1, 0.15) is 0 Å². The Balaban J connectivity index is 0.000000364. The van der Waals surface area contributed by atoms with E-state index in [1.165, 1.54) is 0 Å². The van der Waals surface area contributed by atoms with E-state index in [9.17, 15) is 0 Å². The quantitative estimate of drug-likeness (QED) is 0.336. The van der Waals surface area contributed by atoms with E-state index in [0.29, 0.717) is 6.54 Å². The molecule has 0 atom stereocenters. The first-order valence-electron chi connectivity index (χ1n) is 3.99. The van der Waals surface area contributed by atoms with Crippen molar-refractivity contribution >= 4 is 63.7 Å². The van der Waals surface area contributed by atoms with Gasteiger partial charge >= 0.3 is 63.7 Å². The van der Waals surface area contributed by atoms with Crippen LogP contribution >= 0.6 is 63.7 Å². The van der Waals surface area contributed by atoms with E-state index < -0.39 is 0 Å². The van der Waals surface area contributed by atoms with Crippen molar-refractivity contribution in [3.8, 4) is 0 Å². The molecule has 1 heterocycles. The fraction of sp³-hybridized carbons (Fsp3) is 0.857. The number of halogens is 4. The molecule has 14 heavy (non-hydrogen) atoms. The summed E-state index contributed by atoms with van der Waals surface area (Å²) in [4.78, 5) is 5.56. The van der Waals surface area contributed by atoms with Crippen LogP contribution in [-0.2, 0) is 4.74 Å². The molecule has 0 unspecified atom stereocenters. The topological polar surface area (TPSA) is 16.8 Å². The molecule has 1 aliphatic rings. The maximum Gasteiger partial charge on any atom is 0.227 e. The van der Waals surface area contributed by atoms with Gasteiger partial charge in [-0.25, -0.2) is 6.57 Å². The van der Waals surface area contributed by atoms with E-state index in [2.05, 4.69) is 65.6 Å². The summed E-state index contributed by atoms with van der Waals surface area (Å²) in [7, 11) is -0.353. The van der Waals surface area contributed by atoms with Gasteiger partial charge in [0.05, 0.1) is 19.8 Å². The number of ether oxygens (including phenoxy) is 1. The summed E-state index contributed by atoms with van der Waals surface area (Å²) in [6, 6.07) is 0. The molecule has 3 nitrogen and oxygen atoms in total. The van der Waals surface area contributed by atoms with E-state index in [1.54, 1.807) is 0 Å². The average molecular weight is 648 g/mol. The van der Waals surface area contributed by atoms with Crippen molar-refractivity contribution in [2.24, 2.45) is 0 Å². The molecule has 0 amide bonds. The van der Waals surface area contributed by atoms with Gasteiger partial charge in [0, 0.05) is 13.1 Å². The zero-order valence-electron chi connectivity index (χ0n) is 7.56. The molecule has 0 aromatic rings. The van der Waals surface area contributed by atoms with Gasteiger partial charge in [-0.3, -0.25) is 4.90 Å². The summed E-state index contributed by atoms with van der Waals surface area (Å²) in [6.45, 7) is 11.8. The number of rotatable bonds is 2. The van der Waals surface area contributed by atoms with Crippen molar-refractivity contribution in [3.05, 3.63) is 11.4 Å². The molecule has 0 saturated carbocycles. The maximum absolute atomic E-state index is 6.59. The second-order valence-electron chi connectivity index (χ2n) is 2.50. The minimum Gasteiger partial charge on any atom is -0.379 e. The molecule has 84 valence electrons. The van der Waals surface area contributed by atoms with Gasteiger partial charge in [-0.05, 0) is 0 Å². The van der Waals surface area contributed by atoms with E-state index >= 15 is 0 Å². The zero-order chi connectivity index (χ0) is 10.8. The SMILES string of the molecule is II(I)I.[C-]#[N+]CCN1CCOCC1. The van der Waals surface area contributed by atoms with Crippen LogP contribution in [0.3, 0.4) is 0 Å². The van der Waals surface area contributed by atoms with Crippen molar-refractivity contribution < 1.29 is 4.74 Å². The van der Waals surface area contributed by atoms with Gasteiger partial charge < -0.3 is 9.58 Å². The largest absolute Gasteiger partial charge is 0.379 e. The fourth-order valence-corrected chi connectivity index (χ4v) is 1.02. The normalized spacial score (nSPS) is 17.7. The Bertz CT molecular complexity index is 165. The van der Waals surface area contributed by atoms with Crippen LogP contribution in [0.1, 0.15) is 0 Å². The van der Waals surface area contributed by atoms with Crippen molar-refractivity contribution in [3.63, 3.8) is 0 Å². The van der Waals surface area contributed by atoms with Crippen LogP contribution in [0.25, 0.3) is 4.85 Å². The fourth-order valence-electron chi connectivity index (χ4n) is 1.02. The summed E-state index contributed by atoms with van der Waals surface area (Å²) < 4.78 is 5.16. The number of nitrogens with zero attached hydrogens (tertiary/aromatic N) is 2. The van der Waals surface area contributed by atoms with Gasteiger partial charge in [-0.1, -0.05) is 0 Å². The first kappa shape index (κ1) is 16.3. The summed E-state index contributed by atoms with van der Waals surface area (Å²) in [6.07, 6.45) is 0. The molecule has 0 N–H and O–H groups in total. The third-order valence-corrected chi connectivity index (χ3v) is 1.63. The molecule has 0 bridgehead atoms. The van der Waals surface area contributed by atoms with Gasteiger partial charge in [0.25, 0.3) is 0 Å². The Hall–Kier alpha value is 2.33. The third-order valence-electron chi connectivity index (χ3n) is 1.63. The van der Waals surface area contributed by atoms with Gasteiger partial charge in [-0.15, -0.1) is 0 Å². The zero-order valence-corrected chi connectivity index (χ0v) is 16.2. The monoisotopic (exact) mass is 648 g/mol. The number of hydrogen-bond donors (Lipinski definition) is 0. The molecular weight excluding hydrogens is 636 g/mol. The third kappa shape index (κ3) is 12.4. The summed E-state index contributed by atoms with van der Waals surface area (Å²) in [5, 5.41) is 0. The molecule has 0 radical (unpaired) electrons. The minimum atomic E-state index is -0.353. The van der Waals surface area contributed by atoms with E-state index in [1.807, 2.05) is 0 Å². The Morgan fingerprint density at radius 3 is 2.21 bits per heavy atom. The Morgan fingerprint density at radius 1 is 1.29 bits per heavy atom. The Labute approximate surface area is 122 Å². The van der Waals surface area contributed by atoms with Crippen molar-refractivity contribution in [1.82, 2.24) is 4.90 Å². The number of hydrogen-bond acceptors (Lipinski definition) is 2. The van der Waals surface area contributed by atoms with Gasteiger partial charge in [0.2, 0.25) is 6.54 Å². The second kappa shape index (κ2) is 11.8. The smallest absolute Gasteiger partial charge is 0.227 e. The molecule has 0 aromatic carbocycles. The van der Waals surface area contributed by atoms with Crippen LogP contribution < -0.4 is 0 Å². The molecular formula is C7H12I4N2O. The van der Waals surface area contributed by atoms with Gasteiger partial charge in [-0.2, -0.15) is 0 Å². The summed E-state index contributed by atoms with van der Waals surface area (Å²) >= 11 is 7.42. The maximum atomic E-state index is 6.59. The van der Waals surface area contributed by atoms with Crippen LogP contribution in [0.5, 0.6) is 0 Å². The average Bonchev–Trinajstić information content (AvgIpc) is 2.15. The standard InChI is InChI=1S/C7H12N2O.I4/c1-8-2-3-9-4-6-10-7-5-9;1-4(2)3/h2-7H2;. The van der Waals surface area contributed by atoms with Crippen LogP contribution in [0.2, 0.25) is 0 Å². The van der Waals surface area contributed by atoms with Crippen LogP contribution in [-0.4, -0.2) is 44.3 Å². The van der Waals surface area contributed by atoms with Crippen LogP contribution in [0.15, 0.2) is 0 Å². The predicted octanol–water partition coefficient (Wildman–Crippen LogP) is 3.78. The molecule has 0 aromatic heterocycles. The summed E-state index contributed by atoms with van der Waals surface area (Å²) in [5.74, 6) is 0.